The van der Waals surface area contributed by atoms with E-state index in [2.05, 4.69) is 5.32 Å². The van der Waals surface area contributed by atoms with Gasteiger partial charge in [0.25, 0.3) is 0 Å². The first-order chi connectivity index (χ1) is 12.8. The minimum absolute atomic E-state index is 0.0179. The van der Waals surface area contributed by atoms with Gasteiger partial charge in [0.05, 0.1) is 22.9 Å². The van der Waals surface area contributed by atoms with Gasteiger partial charge in [-0.3, -0.25) is 4.79 Å². The first-order valence-electron chi connectivity index (χ1n) is 8.20. The van der Waals surface area contributed by atoms with E-state index in [9.17, 15) is 23.1 Å². The normalized spacial score (nSPS) is 13.7. The summed E-state index contributed by atoms with van der Waals surface area (Å²) in [4.78, 5) is 25.7. The molecule has 0 radical (unpaired) electrons. The Kier molecular flexibility index (Phi) is 5.04. The zero-order valence-electron chi connectivity index (χ0n) is 14.5. The smallest absolute Gasteiger partial charge is 0.331 e. The number of sulfone groups is 1. The average Bonchev–Trinajstić information content (AvgIpc) is 2.61. The Morgan fingerprint density at radius 3 is 2.74 bits per heavy atom. The molecule has 1 amide bonds. The van der Waals surface area contributed by atoms with Crippen LogP contribution in [-0.4, -0.2) is 44.2 Å². The molecule has 8 nitrogen and oxygen atoms in total. The standard InChI is InChI=1S/C18H18N2O6S/c1-2-27(24,25)14-6-7-15-16(9-14)26-18(23)11-20(15)10-17(22)19-12-4-3-5-13(21)8-12/h3-9,21H,2,10-11H2,1H3,(H,19,22). The summed E-state index contributed by atoms with van der Waals surface area (Å²) in [5.74, 6) is -0.934. The van der Waals surface area contributed by atoms with E-state index < -0.39 is 21.7 Å². The Balaban J connectivity index is 1.81. The number of esters is 1. The van der Waals surface area contributed by atoms with Crippen LogP contribution in [0, 0.1) is 0 Å². The minimum atomic E-state index is -3.45. The number of aromatic hydroxyl groups is 1. The third-order valence-electron chi connectivity index (χ3n) is 4.02. The molecule has 2 N–H and O–H groups in total. The number of phenolic OH excluding ortho intramolecular Hbond substituents is 1. The van der Waals surface area contributed by atoms with Gasteiger partial charge in [-0.2, -0.15) is 0 Å². The van der Waals surface area contributed by atoms with Crippen LogP contribution in [0.5, 0.6) is 11.5 Å². The van der Waals surface area contributed by atoms with Gasteiger partial charge in [-0.05, 0) is 24.3 Å². The molecule has 9 heteroatoms. The Morgan fingerprint density at radius 2 is 2.04 bits per heavy atom. The highest BCUT2D eigenvalue weighted by Crippen LogP contribution is 2.34. The van der Waals surface area contributed by atoms with Crippen molar-refractivity contribution < 1.29 is 27.9 Å². The van der Waals surface area contributed by atoms with Crippen LogP contribution in [0.1, 0.15) is 6.92 Å². The molecule has 0 aromatic heterocycles. The highest BCUT2D eigenvalue weighted by molar-refractivity contribution is 7.91. The fraction of sp³-hybridized carbons (Fsp3) is 0.222. The van der Waals surface area contributed by atoms with E-state index in [0.29, 0.717) is 11.4 Å². The summed E-state index contributed by atoms with van der Waals surface area (Å²) in [6, 6.07) is 10.3. The number of fused-ring (bicyclic) bond motifs is 1. The maximum atomic E-state index is 12.3. The lowest BCUT2D eigenvalue weighted by Crippen LogP contribution is -2.41. The van der Waals surface area contributed by atoms with Crippen molar-refractivity contribution in [2.75, 3.05) is 29.1 Å². The van der Waals surface area contributed by atoms with Crippen molar-refractivity contribution in [2.45, 2.75) is 11.8 Å². The quantitative estimate of drug-likeness (QED) is 0.588. The van der Waals surface area contributed by atoms with E-state index in [4.69, 9.17) is 4.74 Å². The first kappa shape index (κ1) is 18.7. The van der Waals surface area contributed by atoms with E-state index in [0.717, 1.165) is 0 Å². The predicted octanol–water partition coefficient (Wildman–Crippen LogP) is 1.55. The maximum Gasteiger partial charge on any atom is 0.331 e. The average molecular weight is 390 g/mol. The van der Waals surface area contributed by atoms with Gasteiger partial charge in [-0.25, -0.2) is 13.2 Å². The summed E-state index contributed by atoms with van der Waals surface area (Å²) in [6.45, 7) is 1.25. The number of hydrogen-bond acceptors (Lipinski definition) is 7. The number of nitrogens with one attached hydrogen (secondary N) is 1. The highest BCUT2D eigenvalue weighted by atomic mass is 32.2. The fourth-order valence-corrected chi connectivity index (χ4v) is 3.59. The number of carbonyl (C=O) groups is 2. The number of anilines is 2. The van der Waals surface area contributed by atoms with Crippen LogP contribution < -0.4 is 15.0 Å². The van der Waals surface area contributed by atoms with Crippen LogP contribution >= 0.6 is 0 Å². The van der Waals surface area contributed by atoms with Gasteiger partial charge in [0.15, 0.2) is 15.6 Å². The number of ether oxygens (including phenoxy) is 1. The van der Waals surface area contributed by atoms with E-state index >= 15 is 0 Å². The second-order valence-corrected chi connectivity index (χ2v) is 8.24. The number of carbonyl (C=O) groups excluding carboxylic acids is 2. The Hall–Kier alpha value is -3.07. The zero-order chi connectivity index (χ0) is 19.6. The summed E-state index contributed by atoms with van der Waals surface area (Å²) < 4.78 is 29.2. The lowest BCUT2D eigenvalue weighted by Gasteiger charge is -2.29. The van der Waals surface area contributed by atoms with Crippen LogP contribution in [0.25, 0.3) is 0 Å². The molecule has 0 atom stereocenters. The number of amides is 1. The molecule has 0 fully saturated rings. The topological polar surface area (TPSA) is 113 Å². The van der Waals surface area contributed by atoms with E-state index in [1.165, 1.54) is 42.2 Å². The van der Waals surface area contributed by atoms with Gasteiger partial charge < -0.3 is 20.1 Å². The van der Waals surface area contributed by atoms with Crippen molar-refractivity contribution in [2.24, 2.45) is 0 Å². The zero-order valence-corrected chi connectivity index (χ0v) is 15.3. The van der Waals surface area contributed by atoms with E-state index in [1.54, 1.807) is 12.1 Å². The fourth-order valence-electron chi connectivity index (χ4n) is 2.69. The summed E-state index contributed by atoms with van der Waals surface area (Å²) >= 11 is 0. The van der Waals surface area contributed by atoms with Crippen molar-refractivity contribution in [3.63, 3.8) is 0 Å². The molecule has 1 aliphatic heterocycles. The molecule has 27 heavy (non-hydrogen) atoms. The van der Waals surface area contributed by atoms with Crippen molar-refractivity contribution >= 4 is 33.1 Å². The third-order valence-corrected chi connectivity index (χ3v) is 5.75. The first-order valence-corrected chi connectivity index (χ1v) is 9.85. The van der Waals surface area contributed by atoms with Gasteiger partial charge in [-0.15, -0.1) is 0 Å². The van der Waals surface area contributed by atoms with Gasteiger partial charge in [0.2, 0.25) is 5.91 Å². The van der Waals surface area contributed by atoms with Gasteiger partial charge in [0.1, 0.15) is 12.3 Å². The Bertz CT molecular complexity index is 1000. The molecule has 0 unspecified atom stereocenters. The highest BCUT2D eigenvalue weighted by Gasteiger charge is 2.27. The summed E-state index contributed by atoms with van der Waals surface area (Å²) in [5, 5.41) is 12.1. The molecule has 1 aliphatic rings. The lowest BCUT2D eigenvalue weighted by molar-refractivity contribution is -0.133. The molecule has 0 aliphatic carbocycles. The van der Waals surface area contributed by atoms with Gasteiger partial charge in [0, 0.05) is 17.8 Å². The SMILES string of the molecule is CCS(=O)(=O)c1ccc2c(c1)OC(=O)CN2CC(=O)Nc1cccc(O)c1. The predicted molar refractivity (Wildman–Crippen MR) is 98.8 cm³/mol. The molecule has 0 saturated carbocycles. The summed E-state index contributed by atoms with van der Waals surface area (Å²) in [5.41, 5.74) is 0.875. The molecular formula is C18H18N2O6S. The third kappa shape index (κ3) is 4.20. The second kappa shape index (κ2) is 7.28. The number of rotatable bonds is 5. The van der Waals surface area contributed by atoms with Crippen LogP contribution in [0.15, 0.2) is 47.4 Å². The van der Waals surface area contributed by atoms with Crippen LogP contribution in [0.2, 0.25) is 0 Å². The number of hydrogen-bond donors (Lipinski definition) is 2. The Morgan fingerprint density at radius 1 is 1.26 bits per heavy atom. The van der Waals surface area contributed by atoms with Crippen LogP contribution in [0.4, 0.5) is 11.4 Å². The van der Waals surface area contributed by atoms with Crippen molar-refractivity contribution in [3.05, 3.63) is 42.5 Å². The van der Waals surface area contributed by atoms with Gasteiger partial charge in [-0.1, -0.05) is 13.0 Å². The molecule has 3 rings (SSSR count). The number of nitrogens with zero attached hydrogens (tertiary/aromatic N) is 1. The molecule has 0 saturated heterocycles. The molecule has 2 aromatic carbocycles. The molecule has 142 valence electrons. The summed E-state index contributed by atoms with van der Waals surface area (Å²) in [6.07, 6.45) is 0. The number of phenols is 1. The maximum absolute atomic E-state index is 12.3. The van der Waals surface area contributed by atoms with Crippen molar-refractivity contribution in [1.82, 2.24) is 0 Å². The summed E-state index contributed by atoms with van der Waals surface area (Å²) in [7, 11) is -3.45. The lowest BCUT2D eigenvalue weighted by atomic mass is 10.2. The second-order valence-electron chi connectivity index (χ2n) is 5.96. The van der Waals surface area contributed by atoms with E-state index in [1.807, 2.05) is 0 Å². The van der Waals surface area contributed by atoms with Gasteiger partial charge >= 0.3 is 5.97 Å². The van der Waals surface area contributed by atoms with Crippen molar-refractivity contribution in [1.29, 1.82) is 0 Å². The molecule has 0 spiro atoms. The Labute approximate surface area is 156 Å². The minimum Gasteiger partial charge on any atom is -0.508 e. The molecular weight excluding hydrogens is 372 g/mol. The largest absolute Gasteiger partial charge is 0.508 e. The molecule has 0 bridgehead atoms. The monoisotopic (exact) mass is 390 g/mol. The molecule has 1 heterocycles. The van der Waals surface area contributed by atoms with Crippen LogP contribution in [-0.2, 0) is 19.4 Å². The van der Waals surface area contributed by atoms with Crippen LogP contribution in [0.3, 0.4) is 0 Å². The van der Waals surface area contributed by atoms with E-state index in [-0.39, 0.29) is 35.2 Å². The number of benzene rings is 2. The molecule has 2 aromatic rings. The van der Waals surface area contributed by atoms with Crippen molar-refractivity contribution in [3.8, 4) is 11.5 Å².